The maximum atomic E-state index is 5.73. The molecule has 0 heterocycles. The third-order valence-electron chi connectivity index (χ3n) is 1.54. The Labute approximate surface area is 103 Å². The normalized spacial score (nSPS) is 10.1. The lowest BCUT2D eigenvalue weighted by Crippen LogP contribution is -2.04. The van der Waals surface area contributed by atoms with E-state index in [2.05, 4.69) is 22.6 Å². The zero-order valence-electron chi connectivity index (χ0n) is 7.71. The van der Waals surface area contributed by atoms with Crippen LogP contribution in [0, 0.1) is 0 Å². The summed E-state index contributed by atoms with van der Waals surface area (Å²) in [7, 11) is 0. The van der Waals surface area contributed by atoms with Crippen LogP contribution >= 0.6 is 34.2 Å². The highest BCUT2D eigenvalue weighted by atomic mass is 127. The summed E-state index contributed by atoms with van der Waals surface area (Å²) < 4.78 is 11.7. The third-order valence-corrected chi connectivity index (χ3v) is 2.56. The average molecular weight is 327 g/mol. The van der Waals surface area contributed by atoms with Gasteiger partial charge in [-0.3, -0.25) is 0 Å². The largest absolute Gasteiger partial charge is 0.468 e. The van der Waals surface area contributed by atoms with Crippen molar-refractivity contribution >= 4 is 34.2 Å². The predicted molar refractivity (Wildman–Crippen MR) is 66.4 cm³/mol. The zero-order valence-corrected chi connectivity index (χ0v) is 10.6. The van der Waals surface area contributed by atoms with E-state index in [1.165, 1.54) is 0 Å². The fourth-order valence-electron chi connectivity index (χ4n) is 0.856. The number of rotatable bonds is 6. The molecule has 0 aliphatic rings. The molecule has 1 aromatic rings. The van der Waals surface area contributed by atoms with E-state index in [9.17, 15) is 0 Å². The van der Waals surface area contributed by atoms with Crippen molar-refractivity contribution in [1.82, 2.24) is 0 Å². The van der Waals surface area contributed by atoms with Crippen molar-refractivity contribution in [3.05, 3.63) is 29.3 Å². The molecule has 0 unspecified atom stereocenters. The summed E-state index contributed by atoms with van der Waals surface area (Å²) >= 11 is 8.05. The summed E-state index contributed by atoms with van der Waals surface area (Å²) in [6.45, 7) is 1.05. The minimum atomic E-state index is 0.304. The van der Waals surface area contributed by atoms with Crippen LogP contribution in [0.25, 0.3) is 0 Å². The third kappa shape index (κ3) is 5.02. The van der Waals surface area contributed by atoms with Crippen molar-refractivity contribution in [2.75, 3.05) is 17.8 Å². The van der Waals surface area contributed by atoms with Gasteiger partial charge in [-0.25, -0.2) is 0 Å². The molecule has 1 rings (SSSR count). The maximum absolute atomic E-state index is 5.73. The number of alkyl halides is 1. The first-order valence-corrected chi connectivity index (χ1v) is 6.25. The standard InChI is InChI=1S/C10H12ClIO2/c11-9-2-4-10(5-3-9)14-8-13-7-1-6-12/h2-5H,1,6-8H2. The summed E-state index contributed by atoms with van der Waals surface area (Å²) in [5.41, 5.74) is 0. The van der Waals surface area contributed by atoms with Gasteiger partial charge in [-0.1, -0.05) is 34.2 Å². The van der Waals surface area contributed by atoms with E-state index in [0.29, 0.717) is 11.8 Å². The molecule has 2 nitrogen and oxygen atoms in total. The summed E-state index contributed by atoms with van der Waals surface area (Å²) in [6.07, 6.45) is 1.06. The monoisotopic (exact) mass is 326 g/mol. The second-order valence-corrected chi connectivity index (χ2v) is 4.18. The van der Waals surface area contributed by atoms with Crippen molar-refractivity contribution in [2.24, 2.45) is 0 Å². The van der Waals surface area contributed by atoms with Crippen LogP contribution in [0.2, 0.25) is 5.02 Å². The van der Waals surface area contributed by atoms with E-state index in [4.69, 9.17) is 21.1 Å². The van der Waals surface area contributed by atoms with E-state index in [0.717, 1.165) is 23.2 Å². The molecular formula is C10H12ClIO2. The lowest BCUT2D eigenvalue weighted by atomic mass is 10.3. The Hall–Kier alpha value is -0.0000000000000000555. The summed E-state index contributed by atoms with van der Waals surface area (Å²) in [5, 5.41) is 0.711. The van der Waals surface area contributed by atoms with Crippen LogP contribution in [0.4, 0.5) is 0 Å². The van der Waals surface area contributed by atoms with Crippen LogP contribution in [0.3, 0.4) is 0 Å². The molecule has 4 heteroatoms. The van der Waals surface area contributed by atoms with Gasteiger partial charge in [0, 0.05) is 9.45 Å². The Bertz CT molecular complexity index is 251. The van der Waals surface area contributed by atoms with Gasteiger partial charge in [-0.15, -0.1) is 0 Å². The highest BCUT2D eigenvalue weighted by Crippen LogP contribution is 2.15. The van der Waals surface area contributed by atoms with Gasteiger partial charge in [0.25, 0.3) is 0 Å². The molecule has 0 aliphatic carbocycles. The molecule has 0 atom stereocenters. The van der Waals surface area contributed by atoms with Crippen molar-refractivity contribution < 1.29 is 9.47 Å². The Morgan fingerprint density at radius 2 is 1.93 bits per heavy atom. The molecule has 78 valence electrons. The fourth-order valence-corrected chi connectivity index (χ4v) is 1.29. The van der Waals surface area contributed by atoms with Crippen LogP contribution in [0.15, 0.2) is 24.3 Å². The van der Waals surface area contributed by atoms with Crippen LogP contribution < -0.4 is 4.74 Å². The van der Waals surface area contributed by atoms with Crippen LogP contribution in [0.1, 0.15) is 6.42 Å². The molecule has 1 aromatic carbocycles. The molecule has 0 saturated carbocycles. The maximum Gasteiger partial charge on any atom is 0.189 e. The van der Waals surface area contributed by atoms with Gasteiger partial charge in [0.05, 0.1) is 6.61 Å². The molecule has 0 saturated heterocycles. The smallest absolute Gasteiger partial charge is 0.189 e. The molecule has 0 fully saturated rings. The van der Waals surface area contributed by atoms with Crippen molar-refractivity contribution in [3.63, 3.8) is 0 Å². The first-order chi connectivity index (χ1) is 6.83. The van der Waals surface area contributed by atoms with E-state index in [1.807, 2.05) is 12.1 Å². The molecular weight excluding hydrogens is 314 g/mol. The lowest BCUT2D eigenvalue weighted by molar-refractivity contribution is 0.0162. The molecule has 0 bridgehead atoms. The van der Waals surface area contributed by atoms with Crippen molar-refractivity contribution in [3.8, 4) is 5.75 Å². The van der Waals surface area contributed by atoms with E-state index in [1.54, 1.807) is 12.1 Å². The number of hydrogen-bond donors (Lipinski definition) is 0. The van der Waals surface area contributed by atoms with Gasteiger partial charge in [0.1, 0.15) is 5.75 Å². The molecule has 14 heavy (non-hydrogen) atoms. The highest BCUT2D eigenvalue weighted by molar-refractivity contribution is 14.1. The molecule has 0 spiro atoms. The van der Waals surface area contributed by atoms with Gasteiger partial charge < -0.3 is 9.47 Å². The molecule has 0 amide bonds. The second-order valence-electron chi connectivity index (χ2n) is 2.67. The van der Waals surface area contributed by atoms with Crippen molar-refractivity contribution in [1.29, 1.82) is 0 Å². The second kappa shape index (κ2) is 7.31. The number of halogens is 2. The Kier molecular flexibility index (Phi) is 6.31. The number of benzene rings is 1. The predicted octanol–water partition coefficient (Wildman–Crippen LogP) is 3.52. The summed E-state index contributed by atoms with van der Waals surface area (Å²) in [6, 6.07) is 7.23. The lowest BCUT2D eigenvalue weighted by Gasteiger charge is -2.06. The van der Waals surface area contributed by atoms with E-state index in [-0.39, 0.29) is 0 Å². The Morgan fingerprint density at radius 1 is 1.21 bits per heavy atom. The van der Waals surface area contributed by atoms with Gasteiger partial charge in [0.15, 0.2) is 6.79 Å². The average Bonchev–Trinajstić information content (AvgIpc) is 2.21. The van der Waals surface area contributed by atoms with Crippen molar-refractivity contribution in [2.45, 2.75) is 6.42 Å². The molecule has 0 aliphatic heterocycles. The van der Waals surface area contributed by atoms with Crippen LogP contribution in [-0.4, -0.2) is 17.8 Å². The first kappa shape index (κ1) is 12.1. The molecule has 0 radical (unpaired) electrons. The highest BCUT2D eigenvalue weighted by Gasteiger charge is 1.93. The van der Waals surface area contributed by atoms with E-state index >= 15 is 0 Å². The first-order valence-electron chi connectivity index (χ1n) is 4.35. The Morgan fingerprint density at radius 3 is 2.57 bits per heavy atom. The van der Waals surface area contributed by atoms with Crippen LogP contribution in [0.5, 0.6) is 5.75 Å². The van der Waals surface area contributed by atoms with Gasteiger partial charge in [-0.2, -0.15) is 0 Å². The number of ether oxygens (including phenoxy) is 2. The minimum absolute atomic E-state index is 0.304. The Balaban J connectivity index is 2.15. The minimum Gasteiger partial charge on any atom is -0.468 e. The fraction of sp³-hybridized carbons (Fsp3) is 0.400. The summed E-state index contributed by atoms with van der Waals surface area (Å²) in [5.74, 6) is 0.781. The molecule has 0 N–H and O–H groups in total. The number of hydrogen-bond acceptors (Lipinski definition) is 2. The molecule has 0 aromatic heterocycles. The van der Waals surface area contributed by atoms with E-state index < -0.39 is 0 Å². The van der Waals surface area contributed by atoms with Gasteiger partial charge >= 0.3 is 0 Å². The quantitative estimate of drug-likeness (QED) is 0.345. The zero-order chi connectivity index (χ0) is 10.2. The summed E-state index contributed by atoms with van der Waals surface area (Å²) in [4.78, 5) is 0. The van der Waals surface area contributed by atoms with Gasteiger partial charge in [0.2, 0.25) is 0 Å². The van der Waals surface area contributed by atoms with Gasteiger partial charge in [-0.05, 0) is 30.7 Å². The van der Waals surface area contributed by atoms with Crippen LogP contribution in [-0.2, 0) is 4.74 Å². The topological polar surface area (TPSA) is 18.5 Å². The SMILES string of the molecule is Clc1ccc(OCOCCCI)cc1.